The van der Waals surface area contributed by atoms with E-state index in [2.05, 4.69) is 0 Å². The third kappa shape index (κ3) is 3.73. The number of rotatable bonds is 2. The van der Waals surface area contributed by atoms with Crippen molar-refractivity contribution in [3.05, 3.63) is 0 Å². The van der Waals surface area contributed by atoms with Crippen molar-refractivity contribution in [3.8, 4) is 6.07 Å². The number of ether oxygens (including phenoxy) is 1. The highest BCUT2D eigenvalue weighted by atomic mass is 16.6. The predicted molar refractivity (Wildman–Crippen MR) is 65.8 cm³/mol. The first-order chi connectivity index (χ1) is 8.32. The van der Waals surface area contributed by atoms with Crippen LogP contribution in [-0.2, 0) is 9.53 Å². The van der Waals surface area contributed by atoms with E-state index in [-0.39, 0.29) is 12.5 Å². The molecule has 1 saturated heterocycles. The minimum Gasteiger partial charge on any atom is -0.444 e. The molecule has 18 heavy (non-hydrogen) atoms. The molecular weight excluding hydrogens is 232 g/mol. The van der Waals surface area contributed by atoms with Crippen molar-refractivity contribution in [3.63, 3.8) is 0 Å². The second kappa shape index (κ2) is 5.38. The van der Waals surface area contributed by atoms with E-state index in [0.29, 0.717) is 25.9 Å². The normalized spacial score (nSPS) is 18.9. The summed E-state index contributed by atoms with van der Waals surface area (Å²) in [5.74, 6) is 0. The van der Waals surface area contributed by atoms with Gasteiger partial charge in [0.05, 0.1) is 6.07 Å². The van der Waals surface area contributed by atoms with E-state index in [1.54, 1.807) is 4.90 Å². The maximum atomic E-state index is 11.8. The summed E-state index contributed by atoms with van der Waals surface area (Å²) >= 11 is 0. The van der Waals surface area contributed by atoms with E-state index in [4.69, 9.17) is 10.00 Å². The Kier molecular flexibility index (Phi) is 4.33. The smallest absolute Gasteiger partial charge is 0.410 e. The molecule has 5 heteroatoms. The lowest BCUT2D eigenvalue weighted by Crippen LogP contribution is -2.45. The summed E-state index contributed by atoms with van der Waals surface area (Å²) in [4.78, 5) is 24.5. The molecule has 0 aromatic carbocycles. The van der Waals surface area contributed by atoms with Crippen LogP contribution in [-0.4, -0.2) is 36.0 Å². The minimum atomic E-state index is -0.576. The zero-order chi connectivity index (χ0) is 13.8. The fourth-order valence-corrected chi connectivity index (χ4v) is 1.95. The molecule has 0 spiro atoms. The van der Waals surface area contributed by atoms with Gasteiger partial charge in [-0.15, -0.1) is 0 Å². The van der Waals surface area contributed by atoms with Crippen molar-refractivity contribution in [2.24, 2.45) is 5.41 Å². The molecule has 1 heterocycles. The van der Waals surface area contributed by atoms with E-state index in [0.717, 1.165) is 6.29 Å². The van der Waals surface area contributed by atoms with Crippen LogP contribution in [0.25, 0.3) is 0 Å². The number of hydrogen-bond acceptors (Lipinski definition) is 4. The quantitative estimate of drug-likeness (QED) is 0.706. The average Bonchev–Trinajstić information content (AvgIpc) is 2.28. The van der Waals surface area contributed by atoms with Gasteiger partial charge >= 0.3 is 6.09 Å². The van der Waals surface area contributed by atoms with Gasteiger partial charge in [-0.3, -0.25) is 0 Å². The van der Waals surface area contributed by atoms with E-state index in [9.17, 15) is 9.59 Å². The van der Waals surface area contributed by atoms with Crippen LogP contribution < -0.4 is 0 Å². The van der Waals surface area contributed by atoms with Crippen molar-refractivity contribution < 1.29 is 14.3 Å². The molecule has 0 unspecified atom stereocenters. The van der Waals surface area contributed by atoms with Crippen molar-refractivity contribution in [2.75, 3.05) is 13.1 Å². The zero-order valence-electron chi connectivity index (χ0n) is 11.2. The molecule has 0 aromatic rings. The molecule has 0 radical (unpaired) electrons. The molecule has 0 atom stereocenters. The summed E-state index contributed by atoms with van der Waals surface area (Å²) in [6.45, 7) is 6.39. The van der Waals surface area contributed by atoms with Gasteiger partial charge in [-0.25, -0.2) is 4.79 Å². The van der Waals surface area contributed by atoms with Gasteiger partial charge in [-0.05, 0) is 33.6 Å². The molecule has 1 amide bonds. The average molecular weight is 252 g/mol. The van der Waals surface area contributed by atoms with Gasteiger partial charge < -0.3 is 14.4 Å². The maximum absolute atomic E-state index is 11.8. The number of nitrogens with zero attached hydrogens (tertiary/aromatic N) is 2. The summed E-state index contributed by atoms with van der Waals surface area (Å²) in [6.07, 6.45) is 1.80. The first-order valence-corrected chi connectivity index (χ1v) is 6.13. The standard InChI is InChI=1S/C13H20N2O3/c1-12(2,3)18-11(17)15-8-5-13(10-16,4-7-14)6-9-15/h10H,4-6,8-9H2,1-3H3. The molecule has 5 nitrogen and oxygen atoms in total. The van der Waals surface area contributed by atoms with E-state index < -0.39 is 11.0 Å². The topological polar surface area (TPSA) is 70.4 Å². The summed E-state index contributed by atoms with van der Waals surface area (Å²) in [6, 6.07) is 2.05. The number of carbonyl (C=O) groups is 2. The lowest BCUT2D eigenvalue weighted by atomic mass is 9.77. The number of nitriles is 1. The Balaban J connectivity index is 2.56. The monoisotopic (exact) mass is 252 g/mol. The largest absolute Gasteiger partial charge is 0.444 e. The first-order valence-electron chi connectivity index (χ1n) is 6.13. The first kappa shape index (κ1) is 14.5. The van der Waals surface area contributed by atoms with E-state index >= 15 is 0 Å². The predicted octanol–water partition coefficient (Wildman–Crippen LogP) is 2.12. The van der Waals surface area contributed by atoms with E-state index in [1.165, 1.54) is 0 Å². The second-order valence-corrected chi connectivity index (χ2v) is 5.78. The van der Waals surface area contributed by atoms with Gasteiger partial charge in [-0.2, -0.15) is 5.26 Å². The number of hydrogen-bond donors (Lipinski definition) is 0. The summed E-state index contributed by atoms with van der Waals surface area (Å²) < 4.78 is 5.27. The van der Waals surface area contributed by atoms with Gasteiger partial charge in [0, 0.05) is 24.9 Å². The van der Waals surface area contributed by atoms with Crippen molar-refractivity contribution in [1.82, 2.24) is 4.90 Å². The van der Waals surface area contributed by atoms with Crippen molar-refractivity contribution in [2.45, 2.75) is 45.6 Å². The molecule has 1 aliphatic rings. The van der Waals surface area contributed by atoms with Crippen molar-refractivity contribution >= 4 is 12.4 Å². The van der Waals surface area contributed by atoms with E-state index in [1.807, 2.05) is 26.8 Å². The Bertz CT molecular complexity index is 357. The molecule has 0 saturated carbocycles. The van der Waals surface area contributed by atoms with Gasteiger partial charge in [0.2, 0.25) is 0 Å². The number of piperidine rings is 1. The lowest BCUT2D eigenvalue weighted by molar-refractivity contribution is -0.118. The third-order valence-corrected chi connectivity index (χ3v) is 3.09. The van der Waals surface area contributed by atoms with Gasteiger partial charge in [0.25, 0.3) is 0 Å². The van der Waals surface area contributed by atoms with Crippen LogP contribution in [0.1, 0.15) is 40.0 Å². The Morgan fingerprint density at radius 1 is 1.44 bits per heavy atom. The molecule has 0 aliphatic carbocycles. The van der Waals surface area contributed by atoms with Crippen LogP contribution in [0.5, 0.6) is 0 Å². The number of amides is 1. The maximum Gasteiger partial charge on any atom is 0.410 e. The molecule has 1 fully saturated rings. The highest BCUT2D eigenvalue weighted by molar-refractivity contribution is 5.69. The lowest BCUT2D eigenvalue weighted by Gasteiger charge is -2.37. The highest BCUT2D eigenvalue weighted by Crippen LogP contribution is 2.32. The Morgan fingerprint density at radius 3 is 2.39 bits per heavy atom. The van der Waals surface area contributed by atoms with Crippen LogP contribution in [0.2, 0.25) is 0 Å². The summed E-state index contributed by atoms with van der Waals surface area (Å²) in [5.41, 5.74) is -1.09. The van der Waals surface area contributed by atoms with Crippen LogP contribution in [0.4, 0.5) is 4.79 Å². The summed E-state index contributed by atoms with van der Waals surface area (Å²) in [5, 5.41) is 8.73. The minimum absolute atomic E-state index is 0.221. The fourth-order valence-electron chi connectivity index (χ4n) is 1.95. The number of aldehydes is 1. The van der Waals surface area contributed by atoms with Crippen molar-refractivity contribution in [1.29, 1.82) is 5.26 Å². The molecule has 100 valence electrons. The molecular formula is C13H20N2O3. The van der Waals surface area contributed by atoms with Crippen LogP contribution >= 0.6 is 0 Å². The Hall–Kier alpha value is -1.57. The third-order valence-electron chi connectivity index (χ3n) is 3.09. The molecule has 0 aromatic heterocycles. The fraction of sp³-hybridized carbons (Fsp3) is 0.769. The highest BCUT2D eigenvalue weighted by Gasteiger charge is 2.36. The van der Waals surface area contributed by atoms with Crippen LogP contribution in [0.15, 0.2) is 0 Å². The van der Waals surface area contributed by atoms with Gasteiger partial charge in [0.15, 0.2) is 0 Å². The van der Waals surface area contributed by atoms with Crippen LogP contribution in [0, 0.1) is 16.7 Å². The van der Waals surface area contributed by atoms with Gasteiger partial charge in [0.1, 0.15) is 11.9 Å². The Morgan fingerprint density at radius 2 is 2.00 bits per heavy atom. The number of likely N-dealkylation sites (tertiary alicyclic amines) is 1. The van der Waals surface area contributed by atoms with Crippen LogP contribution in [0.3, 0.4) is 0 Å². The summed E-state index contributed by atoms with van der Waals surface area (Å²) in [7, 11) is 0. The second-order valence-electron chi connectivity index (χ2n) is 5.78. The van der Waals surface area contributed by atoms with Gasteiger partial charge in [-0.1, -0.05) is 0 Å². The molecule has 1 rings (SSSR count). The molecule has 0 N–H and O–H groups in total. The number of carbonyl (C=O) groups excluding carboxylic acids is 2. The molecule has 1 aliphatic heterocycles. The molecule has 0 bridgehead atoms. The zero-order valence-corrected chi connectivity index (χ0v) is 11.2. The Labute approximate surface area is 108 Å². The SMILES string of the molecule is CC(C)(C)OC(=O)N1CCC(C=O)(CC#N)CC1.